The first-order valence-corrected chi connectivity index (χ1v) is 6.12. The van der Waals surface area contributed by atoms with Gasteiger partial charge in [-0.25, -0.2) is 0 Å². The lowest BCUT2D eigenvalue weighted by Gasteiger charge is -2.01. The lowest BCUT2D eigenvalue weighted by molar-refractivity contribution is -0.120. The van der Waals surface area contributed by atoms with E-state index in [0.29, 0.717) is 6.42 Å². The van der Waals surface area contributed by atoms with Crippen molar-refractivity contribution in [2.24, 2.45) is 0 Å². The van der Waals surface area contributed by atoms with E-state index >= 15 is 0 Å². The van der Waals surface area contributed by atoms with Gasteiger partial charge in [0.05, 0.1) is 0 Å². The summed E-state index contributed by atoms with van der Waals surface area (Å²) in [4.78, 5) is 10.9. The molecule has 0 aromatic rings. The normalized spacial score (nSPS) is 9.93. The first-order valence-electron chi connectivity index (χ1n) is 6.12. The fourth-order valence-corrected chi connectivity index (χ4v) is 1.58. The molecule has 0 aliphatic carbocycles. The van der Waals surface area contributed by atoms with Gasteiger partial charge in [0.2, 0.25) is 5.91 Å². The molecular weight excluding hydrogens is 186 g/mol. The molecule has 0 saturated heterocycles. The number of carbonyl (C=O) groups excluding carboxylic acids is 1. The zero-order valence-electron chi connectivity index (χ0n) is 10.1. The minimum atomic E-state index is 0.168. The van der Waals surface area contributed by atoms with Crippen molar-refractivity contribution in [1.82, 2.24) is 5.32 Å². The summed E-state index contributed by atoms with van der Waals surface area (Å²) in [6.07, 6.45) is 12.6. The van der Waals surface area contributed by atoms with Crippen LogP contribution >= 0.6 is 0 Å². The van der Waals surface area contributed by atoms with Gasteiger partial charge < -0.3 is 5.32 Å². The van der Waals surface area contributed by atoms with Gasteiger partial charge in [0, 0.05) is 13.5 Å². The maximum Gasteiger partial charge on any atom is 0.219 e. The molecule has 0 spiro atoms. The average molecular weight is 211 g/mol. The number of amides is 1. The molecule has 0 aromatic carbocycles. The van der Waals surface area contributed by atoms with Crippen molar-refractivity contribution in [3.63, 3.8) is 0 Å². The van der Waals surface area contributed by atoms with E-state index in [2.05, 4.69) is 11.9 Å². The molecule has 0 rings (SSSR count). The van der Waals surface area contributed by atoms with Gasteiger partial charge in [0.15, 0.2) is 0 Å². The standard InChI is InChI=1S/C13H25NO/c1-3-4-5-6-7-8-9-10-11-12-13(15)14-2/h3H,1,4-12H2,2H3,(H,14,15). The van der Waals surface area contributed by atoms with Crippen molar-refractivity contribution in [2.75, 3.05) is 7.05 Å². The molecule has 0 aromatic heterocycles. The van der Waals surface area contributed by atoms with Gasteiger partial charge in [-0.2, -0.15) is 0 Å². The van der Waals surface area contributed by atoms with Gasteiger partial charge in [0.1, 0.15) is 0 Å². The predicted molar refractivity (Wildman–Crippen MR) is 65.8 cm³/mol. The molecule has 1 N–H and O–H groups in total. The zero-order chi connectivity index (χ0) is 11.4. The van der Waals surface area contributed by atoms with E-state index in [1.807, 2.05) is 6.08 Å². The Balaban J connectivity index is 2.98. The summed E-state index contributed by atoms with van der Waals surface area (Å²) in [6.45, 7) is 3.71. The fraction of sp³-hybridized carbons (Fsp3) is 0.769. The highest BCUT2D eigenvalue weighted by atomic mass is 16.1. The number of hydrogen-bond donors (Lipinski definition) is 1. The fourth-order valence-electron chi connectivity index (χ4n) is 1.58. The maximum absolute atomic E-state index is 10.9. The quantitative estimate of drug-likeness (QED) is 0.435. The van der Waals surface area contributed by atoms with Crippen LogP contribution in [0.5, 0.6) is 0 Å². The highest BCUT2D eigenvalue weighted by Crippen LogP contribution is 2.09. The molecule has 0 aliphatic rings. The minimum absolute atomic E-state index is 0.168. The van der Waals surface area contributed by atoms with Gasteiger partial charge in [-0.1, -0.05) is 38.2 Å². The van der Waals surface area contributed by atoms with Crippen molar-refractivity contribution in [2.45, 2.75) is 57.8 Å². The van der Waals surface area contributed by atoms with Crippen LogP contribution in [0.4, 0.5) is 0 Å². The lowest BCUT2D eigenvalue weighted by Crippen LogP contribution is -2.16. The van der Waals surface area contributed by atoms with Crippen molar-refractivity contribution >= 4 is 5.91 Å². The van der Waals surface area contributed by atoms with Crippen molar-refractivity contribution in [1.29, 1.82) is 0 Å². The van der Waals surface area contributed by atoms with Crippen LogP contribution in [-0.4, -0.2) is 13.0 Å². The van der Waals surface area contributed by atoms with Gasteiger partial charge in [-0.3, -0.25) is 4.79 Å². The predicted octanol–water partition coefficient (Wildman–Crippen LogP) is 3.43. The van der Waals surface area contributed by atoms with Crippen LogP contribution in [0.15, 0.2) is 12.7 Å². The second-order valence-electron chi connectivity index (χ2n) is 3.98. The summed E-state index contributed by atoms with van der Waals surface area (Å²) >= 11 is 0. The lowest BCUT2D eigenvalue weighted by atomic mass is 10.1. The third-order valence-corrected chi connectivity index (χ3v) is 2.59. The summed E-state index contributed by atoms with van der Waals surface area (Å²) in [5.41, 5.74) is 0. The Morgan fingerprint density at radius 2 is 1.60 bits per heavy atom. The number of nitrogens with one attached hydrogen (secondary N) is 1. The van der Waals surface area contributed by atoms with E-state index in [-0.39, 0.29) is 5.91 Å². The average Bonchev–Trinajstić information content (AvgIpc) is 2.26. The second-order valence-corrected chi connectivity index (χ2v) is 3.98. The topological polar surface area (TPSA) is 29.1 Å². The van der Waals surface area contributed by atoms with Gasteiger partial charge >= 0.3 is 0 Å². The van der Waals surface area contributed by atoms with Crippen molar-refractivity contribution in [3.8, 4) is 0 Å². The Morgan fingerprint density at radius 3 is 2.13 bits per heavy atom. The third-order valence-electron chi connectivity index (χ3n) is 2.59. The Hall–Kier alpha value is -0.790. The molecule has 2 nitrogen and oxygen atoms in total. The molecule has 0 bridgehead atoms. The van der Waals surface area contributed by atoms with Crippen LogP contribution in [0.3, 0.4) is 0 Å². The number of unbranched alkanes of at least 4 members (excludes halogenated alkanes) is 7. The molecule has 0 radical (unpaired) electrons. The molecule has 0 fully saturated rings. The van der Waals surface area contributed by atoms with Crippen LogP contribution in [0.2, 0.25) is 0 Å². The summed E-state index contributed by atoms with van der Waals surface area (Å²) < 4.78 is 0. The smallest absolute Gasteiger partial charge is 0.219 e. The molecule has 0 atom stereocenters. The molecule has 0 unspecified atom stereocenters. The highest BCUT2D eigenvalue weighted by molar-refractivity contribution is 5.75. The van der Waals surface area contributed by atoms with E-state index in [4.69, 9.17) is 0 Å². The molecule has 2 heteroatoms. The molecular formula is C13H25NO. The largest absolute Gasteiger partial charge is 0.359 e. The van der Waals surface area contributed by atoms with Crippen LogP contribution < -0.4 is 5.32 Å². The summed E-state index contributed by atoms with van der Waals surface area (Å²) in [7, 11) is 1.70. The number of rotatable bonds is 10. The van der Waals surface area contributed by atoms with Crippen LogP contribution in [0.1, 0.15) is 57.8 Å². The number of allylic oxidation sites excluding steroid dienone is 1. The summed E-state index contributed by atoms with van der Waals surface area (Å²) in [5, 5.41) is 2.64. The summed E-state index contributed by atoms with van der Waals surface area (Å²) in [6, 6.07) is 0. The monoisotopic (exact) mass is 211 g/mol. The molecule has 88 valence electrons. The Kier molecular flexibility index (Phi) is 10.7. The third kappa shape index (κ3) is 11.1. The van der Waals surface area contributed by atoms with E-state index in [0.717, 1.165) is 12.8 Å². The number of hydrogen-bond acceptors (Lipinski definition) is 1. The van der Waals surface area contributed by atoms with Crippen LogP contribution in [-0.2, 0) is 4.79 Å². The zero-order valence-corrected chi connectivity index (χ0v) is 10.1. The van der Waals surface area contributed by atoms with E-state index < -0.39 is 0 Å². The molecule has 0 aliphatic heterocycles. The number of carbonyl (C=O) groups is 1. The minimum Gasteiger partial charge on any atom is -0.359 e. The van der Waals surface area contributed by atoms with Crippen LogP contribution in [0.25, 0.3) is 0 Å². The van der Waals surface area contributed by atoms with E-state index in [1.165, 1.54) is 38.5 Å². The Morgan fingerprint density at radius 1 is 1.07 bits per heavy atom. The van der Waals surface area contributed by atoms with Crippen LogP contribution in [0, 0.1) is 0 Å². The van der Waals surface area contributed by atoms with Gasteiger partial charge in [-0.05, 0) is 19.3 Å². The Labute approximate surface area is 94.1 Å². The van der Waals surface area contributed by atoms with Crippen molar-refractivity contribution in [3.05, 3.63) is 12.7 Å². The van der Waals surface area contributed by atoms with E-state index in [1.54, 1.807) is 7.05 Å². The SMILES string of the molecule is C=CCCCCCCCCCC(=O)NC. The Bertz CT molecular complexity index is 166. The maximum atomic E-state index is 10.9. The first kappa shape index (κ1) is 14.2. The van der Waals surface area contributed by atoms with Gasteiger partial charge in [-0.15, -0.1) is 6.58 Å². The molecule has 0 heterocycles. The summed E-state index contributed by atoms with van der Waals surface area (Å²) in [5.74, 6) is 0.168. The second kappa shape index (κ2) is 11.3. The molecule has 1 amide bonds. The first-order chi connectivity index (χ1) is 7.31. The molecule has 15 heavy (non-hydrogen) atoms. The molecule has 0 saturated carbocycles. The van der Waals surface area contributed by atoms with Gasteiger partial charge in [0.25, 0.3) is 0 Å². The highest BCUT2D eigenvalue weighted by Gasteiger charge is 1.96. The van der Waals surface area contributed by atoms with Crippen molar-refractivity contribution < 1.29 is 4.79 Å². The van der Waals surface area contributed by atoms with E-state index in [9.17, 15) is 4.79 Å².